The Morgan fingerprint density at radius 2 is 1.65 bits per heavy atom. The zero-order valence-electron chi connectivity index (χ0n) is 38.1. The van der Waals surface area contributed by atoms with Gasteiger partial charge in [-0.15, -0.1) is 0 Å². The van der Waals surface area contributed by atoms with E-state index in [-0.39, 0.29) is 42.4 Å². The van der Waals surface area contributed by atoms with Gasteiger partial charge in [0, 0.05) is 104 Å². The first-order chi connectivity index (χ1) is 28.5. The first-order valence-electron chi connectivity index (χ1n) is 21.4. The van der Waals surface area contributed by atoms with Crippen LogP contribution in [0.2, 0.25) is 0 Å². The minimum Gasteiger partial charge on any atom is -0.458 e. The van der Waals surface area contributed by atoms with Crippen LogP contribution < -0.4 is 0 Å². The fraction of sp³-hybridized carbons (Fsp3) is 0.761. The number of nitrogens with zero attached hydrogens (tertiary/aromatic N) is 1. The number of carbonyl (C=O) groups is 3. The lowest BCUT2D eigenvalue weighted by molar-refractivity contribution is -0.159. The third-order valence-electron chi connectivity index (χ3n) is 13.0. The van der Waals surface area contributed by atoms with Gasteiger partial charge in [-0.3, -0.25) is 9.59 Å². The predicted molar refractivity (Wildman–Crippen MR) is 227 cm³/mol. The molecule has 16 unspecified atom stereocenters. The van der Waals surface area contributed by atoms with Crippen LogP contribution in [0.5, 0.6) is 0 Å². The van der Waals surface area contributed by atoms with Crippen LogP contribution >= 0.6 is 0 Å². The summed E-state index contributed by atoms with van der Waals surface area (Å²) in [5, 5.41) is 23.0. The van der Waals surface area contributed by atoms with E-state index in [9.17, 15) is 24.6 Å². The lowest BCUT2D eigenvalue weighted by Crippen LogP contribution is -2.50. The third-order valence-corrected chi connectivity index (χ3v) is 13.0. The summed E-state index contributed by atoms with van der Waals surface area (Å²) in [5.74, 6) is -2.55. The van der Waals surface area contributed by atoms with Gasteiger partial charge in [-0.25, -0.2) is 4.79 Å². The number of amides is 1. The van der Waals surface area contributed by atoms with E-state index >= 15 is 0 Å². The lowest BCUT2D eigenvalue weighted by Gasteiger charge is -2.39. The summed E-state index contributed by atoms with van der Waals surface area (Å²) in [5.41, 5.74) is -0.141. The van der Waals surface area contributed by atoms with Gasteiger partial charge in [-0.1, -0.05) is 70.6 Å². The second-order valence-corrected chi connectivity index (χ2v) is 17.2. The van der Waals surface area contributed by atoms with Gasteiger partial charge in [0.15, 0.2) is 0 Å². The van der Waals surface area contributed by atoms with Gasteiger partial charge in [-0.05, 0) is 25.7 Å². The molecule has 14 nitrogen and oxygen atoms in total. The van der Waals surface area contributed by atoms with Crippen LogP contribution in [0.15, 0.2) is 48.2 Å². The van der Waals surface area contributed by atoms with Gasteiger partial charge in [-0.2, -0.15) is 0 Å². The SMILES string of the molecule is COC1CC2C=CCC(CC(OC)C3(CO3)C(OC)CC(OC)C(C)C(C(C)C(O)C(C)CCC(=O)C(C)C(OC)C(C)/C=C/N(C)C=O)OC(=O)/C=C/C(C)=C/C1O)O2. The van der Waals surface area contributed by atoms with Gasteiger partial charge >= 0.3 is 5.97 Å². The number of methoxy groups -OCH3 is 5. The third kappa shape index (κ3) is 14.1. The van der Waals surface area contributed by atoms with Crippen molar-refractivity contribution in [3.63, 3.8) is 0 Å². The molecule has 0 aromatic carbocycles. The van der Waals surface area contributed by atoms with Crippen molar-refractivity contribution in [2.24, 2.45) is 29.6 Å². The Kier molecular flexibility index (Phi) is 21.3. The number of epoxide rings is 1. The molecule has 16 atom stereocenters. The Labute approximate surface area is 358 Å². The standard InChI is InChI=1S/C46H75NO13/c1-28-16-19-42(51)60-45(33(6)43(52)29(2)17-18-36(49)31(4)44(57-12)30(3)20-21-47(7)27-48)32(5)38(53-8)25-41(56-11)46(26-58-46)40(55-10)24-35-15-13-14-34(59-35)23-39(54-9)37(50)22-28/h13-14,16,19-22,27,29-35,37-41,43-45,50,52H,15,17-18,23-26H2,1-12H3/b19-16+,21-20+,28-22+. The smallest absolute Gasteiger partial charge is 0.331 e. The molecule has 342 valence electrons. The van der Waals surface area contributed by atoms with E-state index in [2.05, 4.69) is 6.08 Å². The number of cyclic esters (lactones) is 1. The molecular formula is C46H75NO13. The maximum Gasteiger partial charge on any atom is 0.331 e. The molecule has 0 aromatic rings. The van der Waals surface area contributed by atoms with E-state index in [1.807, 2.05) is 46.8 Å². The highest BCUT2D eigenvalue weighted by atomic mass is 16.6. The molecule has 3 rings (SSSR count). The monoisotopic (exact) mass is 850 g/mol. The Balaban J connectivity index is 1.90. The molecule has 3 aliphatic heterocycles. The largest absolute Gasteiger partial charge is 0.458 e. The zero-order valence-corrected chi connectivity index (χ0v) is 38.1. The Morgan fingerprint density at radius 1 is 1.00 bits per heavy atom. The average Bonchev–Trinajstić information content (AvgIpc) is 4.05. The molecule has 3 heterocycles. The first kappa shape index (κ1) is 51.6. The Bertz CT molecular complexity index is 1460. The molecule has 2 N–H and O–H groups in total. The maximum absolute atomic E-state index is 13.6. The molecule has 0 saturated carbocycles. The average molecular weight is 850 g/mol. The van der Waals surface area contributed by atoms with Crippen LogP contribution in [0.25, 0.3) is 0 Å². The van der Waals surface area contributed by atoms with E-state index in [0.717, 1.165) is 0 Å². The molecule has 0 aromatic heterocycles. The molecular weight excluding hydrogens is 774 g/mol. The van der Waals surface area contributed by atoms with E-state index in [1.54, 1.807) is 67.9 Å². The van der Waals surface area contributed by atoms with Crippen molar-refractivity contribution in [3.05, 3.63) is 48.2 Å². The minimum atomic E-state index is -0.978. The summed E-state index contributed by atoms with van der Waals surface area (Å²) in [6.07, 6.45) is 9.91. The molecule has 1 saturated heterocycles. The molecule has 0 radical (unpaired) electrons. The van der Waals surface area contributed by atoms with Crippen molar-refractivity contribution in [1.82, 2.24) is 4.90 Å². The maximum atomic E-state index is 13.6. The normalized spacial score (nSPS) is 35.3. The zero-order chi connectivity index (χ0) is 44.7. The molecule has 60 heavy (non-hydrogen) atoms. The molecule has 1 fully saturated rings. The number of ketones is 1. The first-order valence-corrected chi connectivity index (χ1v) is 21.4. The minimum absolute atomic E-state index is 0.00245. The van der Waals surface area contributed by atoms with E-state index in [0.29, 0.717) is 50.7 Å². The van der Waals surface area contributed by atoms with E-state index in [4.69, 9.17) is 37.9 Å². The summed E-state index contributed by atoms with van der Waals surface area (Å²) < 4.78 is 48.7. The van der Waals surface area contributed by atoms with Crippen molar-refractivity contribution in [2.75, 3.05) is 49.2 Å². The van der Waals surface area contributed by atoms with Crippen LogP contribution in [0.3, 0.4) is 0 Å². The van der Waals surface area contributed by atoms with E-state index in [1.165, 1.54) is 11.0 Å². The van der Waals surface area contributed by atoms with Crippen LogP contribution in [-0.4, -0.2) is 149 Å². The van der Waals surface area contributed by atoms with Gasteiger partial charge in [0.1, 0.15) is 17.5 Å². The van der Waals surface area contributed by atoms with Crippen LogP contribution in [0.1, 0.15) is 80.1 Å². The van der Waals surface area contributed by atoms with Gasteiger partial charge < -0.3 is 53.0 Å². The van der Waals surface area contributed by atoms with Gasteiger partial charge in [0.05, 0.1) is 61.5 Å². The number of hydrogen-bond acceptors (Lipinski definition) is 13. The fourth-order valence-corrected chi connectivity index (χ4v) is 8.91. The quantitative estimate of drug-likeness (QED) is 0.0869. The van der Waals surface area contributed by atoms with Gasteiger partial charge in [0.25, 0.3) is 0 Å². The summed E-state index contributed by atoms with van der Waals surface area (Å²) in [7, 11) is 9.65. The van der Waals surface area contributed by atoms with Crippen molar-refractivity contribution >= 4 is 18.2 Å². The molecule has 3 aliphatic rings. The molecule has 0 aliphatic carbocycles. The Hall–Kier alpha value is -2.79. The summed E-state index contributed by atoms with van der Waals surface area (Å²) in [4.78, 5) is 39.5. The van der Waals surface area contributed by atoms with Crippen molar-refractivity contribution < 1.29 is 62.5 Å². The number of hydrogen-bond donors (Lipinski definition) is 2. The van der Waals surface area contributed by atoms with Crippen LogP contribution in [0, 0.1) is 29.6 Å². The second kappa shape index (κ2) is 24.7. The number of rotatable bonds is 17. The van der Waals surface area contributed by atoms with Crippen LogP contribution in [-0.2, 0) is 52.3 Å². The topological polar surface area (TPSA) is 172 Å². The summed E-state index contributed by atoms with van der Waals surface area (Å²) in [6, 6.07) is 0. The van der Waals surface area contributed by atoms with Crippen molar-refractivity contribution in [3.8, 4) is 0 Å². The van der Waals surface area contributed by atoms with Crippen molar-refractivity contribution in [2.45, 2.75) is 147 Å². The molecule has 1 spiro atoms. The molecule has 2 bridgehead atoms. The number of esters is 1. The van der Waals surface area contributed by atoms with Crippen molar-refractivity contribution in [1.29, 1.82) is 0 Å². The molecule has 14 heteroatoms. The van der Waals surface area contributed by atoms with Gasteiger partial charge in [0.2, 0.25) is 6.41 Å². The van der Waals surface area contributed by atoms with Crippen LogP contribution in [0.4, 0.5) is 0 Å². The highest BCUT2D eigenvalue weighted by Gasteiger charge is 2.59. The van der Waals surface area contributed by atoms with E-state index < -0.39 is 72.1 Å². The number of fused-ring (bicyclic) bond motifs is 2. The number of aliphatic hydroxyl groups is 2. The Morgan fingerprint density at radius 3 is 2.23 bits per heavy atom. The number of aliphatic hydroxyl groups excluding tert-OH is 2. The lowest BCUT2D eigenvalue weighted by atomic mass is 9.78. The number of allylic oxidation sites excluding steroid dienone is 2. The number of ether oxygens (including phenoxy) is 8. The second-order valence-electron chi connectivity index (χ2n) is 17.2. The summed E-state index contributed by atoms with van der Waals surface area (Å²) in [6.45, 7) is 11.6. The highest BCUT2D eigenvalue weighted by Crippen LogP contribution is 2.43. The number of carbonyl (C=O) groups excluding carboxylic acids is 3. The highest BCUT2D eigenvalue weighted by molar-refractivity contribution is 5.82. The predicted octanol–water partition coefficient (Wildman–Crippen LogP) is 5.00. The molecule has 1 amide bonds. The summed E-state index contributed by atoms with van der Waals surface area (Å²) >= 11 is 0. The number of Topliss-reactive ketones (excluding diaryl/α,β-unsaturated/α-hetero) is 1. The fourth-order valence-electron chi connectivity index (χ4n) is 8.91.